The number of rotatable bonds is 7. The van der Waals surface area contributed by atoms with Crippen LogP contribution in [0.25, 0.3) is 6.08 Å². The van der Waals surface area contributed by atoms with Gasteiger partial charge < -0.3 is 5.11 Å². The summed E-state index contributed by atoms with van der Waals surface area (Å²) in [5, 5.41) is 10.7. The summed E-state index contributed by atoms with van der Waals surface area (Å²) in [5.41, 5.74) is 1.01. The van der Waals surface area contributed by atoms with Gasteiger partial charge in [-0.2, -0.15) is 0 Å². The molecule has 0 aromatic carbocycles. The minimum absolute atomic E-state index is 0.549. The molecule has 0 saturated carbocycles. The number of carboxylic acids is 1. The number of aliphatic carboxylic acids is 1. The lowest BCUT2D eigenvalue weighted by Crippen LogP contribution is -2.28. The molecule has 0 amide bonds. The average Bonchev–Trinajstić information content (AvgIpc) is 2.74. The van der Waals surface area contributed by atoms with E-state index in [0.29, 0.717) is 6.04 Å². The van der Waals surface area contributed by atoms with Gasteiger partial charge in [-0.1, -0.05) is 13.3 Å². The van der Waals surface area contributed by atoms with Crippen LogP contribution in [0.1, 0.15) is 37.1 Å². The van der Waals surface area contributed by atoms with E-state index in [1.807, 2.05) is 11.4 Å². The van der Waals surface area contributed by atoms with Gasteiger partial charge in [-0.05, 0) is 43.5 Å². The summed E-state index contributed by atoms with van der Waals surface area (Å²) in [6.45, 7) is 5.29. The van der Waals surface area contributed by atoms with Gasteiger partial charge >= 0.3 is 5.97 Å². The van der Waals surface area contributed by atoms with Crippen molar-refractivity contribution in [1.29, 1.82) is 0 Å². The Kier molecular flexibility index (Phi) is 6.09. The zero-order chi connectivity index (χ0) is 13.5. The fourth-order valence-corrected chi connectivity index (χ4v) is 2.74. The van der Waals surface area contributed by atoms with Crippen molar-refractivity contribution in [2.45, 2.75) is 39.3 Å². The van der Waals surface area contributed by atoms with Crippen LogP contribution in [-0.2, 0) is 11.3 Å². The fraction of sp³-hybridized carbons (Fsp3) is 0.500. The van der Waals surface area contributed by atoms with Crippen molar-refractivity contribution in [3.63, 3.8) is 0 Å². The van der Waals surface area contributed by atoms with Gasteiger partial charge in [0.1, 0.15) is 0 Å². The van der Waals surface area contributed by atoms with E-state index in [1.165, 1.54) is 23.8 Å². The Bertz CT molecular complexity index is 412. The highest BCUT2D eigenvalue weighted by Gasteiger charge is 2.11. The van der Waals surface area contributed by atoms with Crippen LogP contribution in [-0.4, -0.2) is 29.1 Å². The molecule has 1 unspecified atom stereocenters. The number of carbonyl (C=O) groups is 1. The molecule has 1 N–H and O–H groups in total. The Labute approximate surface area is 113 Å². The molecule has 3 nitrogen and oxygen atoms in total. The van der Waals surface area contributed by atoms with Crippen LogP contribution < -0.4 is 0 Å². The monoisotopic (exact) mass is 267 g/mol. The lowest BCUT2D eigenvalue weighted by Gasteiger charge is -2.24. The molecular weight excluding hydrogens is 246 g/mol. The third-order valence-electron chi connectivity index (χ3n) is 3.04. The van der Waals surface area contributed by atoms with Gasteiger partial charge in [0.15, 0.2) is 0 Å². The van der Waals surface area contributed by atoms with Gasteiger partial charge in [0.05, 0.1) is 0 Å². The van der Waals surface area contributed by atoms with E-state index in [4.69, 9.17) is 5.11 Å². The second-order valence-electron chi connectivity index (χ2n) is 4.52. The standard InChI is InChI=1S/C14H21NO2S/c1-4-5-11(2)15(3)10-13-12(8-9-18-13)6-7-14(16)17/h6-9,11H,4-5,10H2,1-3H3,(H,16,17). The lowest BCUT2D eigenvalue weighted by molar-refractivity contribution is -0.131. The highest BCUT2D eigenvalue weighted by Crippen LogP contribution is 2.21. The van der Waals surface area contributed by atoms with Crippen molar-refractivity contribution >= 4 is 23.4 Å². The summed E-state index contributed by atoms with van der Waals surface area (Å²) in [7, 11) is 2.12. The maximum atomic E-state index is 10.5. The molecule has 0 spiro atoms. The maximum Gasteiger partial charge on any atom is 0.328 e. The molecule has 0 aliphatic rings. The fourth-order valence-electron chi connectivity index (χ4n) is 1.81. The normalized spacial score (nSPS) is 13.3. The van der Waals surface area contributed by atoms with E-state index < -0.39 is 5.97 Å². The molecule has 100 valence electrons. The van der Waals surface area contributed by atoms with Crippen LogP contribution in [0.4, 0.5) is 0 Å². The van der Waals surface area contributed by atoms with E-state index in [0.717, 1.165) is 12.1 Å². The minimum atomic E-state index is -0.903. The van der Waals surface area contributed by atoms with Gasteiger partial charge in [0, 0.05) is 23.5 Å². The summed E-state index contributed by atoms with van der Waals surface area (Å²) < 4.78 is 0. The van der Waals surface area contributed by atoms with Gasteiger partial charge in [0.2, 0.25) is 0 Å². The second kappa shape index (κ2) is 7.34. The Hall–Kier alpha value is -1.13. The van der Waals surface area contributed by atoms with Gasteiger partial charge in [-0.25, -0.2) is 4.79 Å². The number of nitrogens with zero attached hydrogens (tertiary/aromatic N) is 1. The Balaban J connectivity index is 2.67. The molecule has 1 aromatic rings. The summed E-state index contributed by atoms with van der Waals surface area (Å²) >= 11 is 1.68. The number of hydrogen-bond donors (Lipinski definition) is 1. The lowest BCUT2D eigenvalue weighted by atomic mass is 10.1. The van der Waals surface area contributed by atoms with Crippen LogP contribution in [0.5, 0.6) is 0 Å². The SMILES string of the molecule is CCCC(C)N(C)Cc1sccc1C=CC(=O)O. The van der Waals surface area contributed by atoms with E-state index in [1.54, 1.807) is 17.4 Å². The van der Waals surface area contributed by atoms with E-state index >= 15 is 0 Å². The van der Waals surface area contributed by atoms with Crippen molar-refractivity contribution in [3.05, 3.63) is 28.0 Å². The highest BCUT2D eigenvalue weighted by molar-refractivity contribution is 7.10. The van der Waals surface area contributed by atoms with E-state index in [9.17, 15) is 4.79 Å². The molecule has 0 fully saturated rings. The third-order valence-corrected chi connectivity index (χ3v) is 3.96. The smallest absolute Gasteiger partial charge is 0.328 e. The first-order valence-corrected chi connectivity index (χ1v) is 7.10. The number of carboxylic acid groups (broad SMARTS) is 1. The molecule has 18 heavy (non-hydrogen) atoms. The van der Waals surface area contributed by atoms with Crippen LogP contribution >= 0.6 is 11.3 Å². The average molecular weight is 267 g/mol. The summed E-state index contributed by atoms with van der Waals surface area (Å²) in [6, 6.07) is 2.52. The van der Waals surface area contributed by atoms with Crippen LogP contribution in [0, 0.1) is 0 Å². The number of thiophene rings is 1. The summed E-state index contributed by atoms with van der Waals surface area (Å²) in [6.07, 6.45) is 5.23. The molecule has 1 heterocycles. The van der Waals surface area contributed by atoms with Crippen molar-refractivity contribution in [1.82, 2.24) is 4.90 Å². The maximum absolute atomic E-state index is 10.5. The third kappa shape index (κ3) is 4.63. The first-order valence-electron chi connectivity index (χ1n) is 6.22. The van der Waals surface area contributed by atoms with Gasteiger partial charge in [0.25, 0.3) is 0 Å². The molecule has 0 bridgehead atoms. The van der Waals surface area contributed by atoms with Gasteiger partial charge in [-0.15, -0.1) is 11.3 Å². The largest absolute Gasteiger partial charge is 0.478 e. The molecule has 1 rings (SSSR count). The molecule has 0 saturated heterocycles. The zero-order valence-corrected chi connectivity index (χ0v) is 12.0. The molecule has 4 heteroatoms. The van der Waals surface area contributed by atoms with Crippen LogP contribution in [0.2, 0.25) is 0 Å². The molecule has 0 radical (unpaired) electrons. The Morgan fingerprint density at radius 2 is 2.33 bits per heavy atom. The zero-order valence-electron chi connectivity index (χ0n) is 11.2. The number of hydrogen-bond acceptors (Lipinski definition) is 3. The van der Waals surface area contributed by atoms with Crippen molar-refractivity contribution in [3.8, 4) is 0 Å². The predicted octanol–water partition coefficient (Wildman–Crippen LogP) is 3.47. The Morgan fingerprint density at radius 3 is 2.94 bits per heavy atom. The molecular formula is C14H21NO2S. The van der Waals surface area contributed by atoms with Gasteiger partial charge in [-0.3, -0.25) is 4.90 Å². The van der Waals surface area contributed by atoms with Crippen LogP contribution in [0.15, 0.2) is 17.5 Å². The first-order chi connectivity index (χ1) is 8.54. The molecule has 1 atom stereocenters. The summed E-state index contributed by atoms with van der Waals surface area (Å²) in [4.78, 5) is 14.1. The minimum Gasteiger partial charge on any atom is -0.478 e. The quantitative estimate of drug-likeness (QED) is 0.769. The van der Waals surface area contributed by atoms with E-state index in [-0.39, 0.29) is 0 Å². The molecule has 0 aliphatic heterocycles. The Morgan fingerprint density at radius 1 is 1.61 bits per heavy atom. The first kappa shape index (κ1) is 14.9. The van der Waals surface area contributed by atoms with Crippen molar-refractivity contribution in [2.75, 3.05) is 7.05 Å². The topological polar surface area (TPSA) is 40.5 Å². The molecule has 0 aliphatic carbocycles. The van der Waals surface area contributed by atoms with Crippen molar-refractivity contribution < 1.29 is 9.90 Å². The molecule has 1 aromatic heterocycles. The van der Waals surface area contributed by atoms with E-state index in [2.05, 4.69) is 25.8 Å². The second-order valence-corrected chi connectivity index (χ2v) is 5.52. The van der Waals surface area contributed by atoms with Crippen molar-refractivity contribution in [2.24, 2.45) is 0 Å². The van der Waals surface area contributed by atoms with Crippen LogP contribution in [0.3, 0.4) is 0 Å². The predicted molar refractivity (Wildman–Crippen MR) is 76.8 cm³/mol. The summed E-state index contributed by atoms with van der Waals surface area (Å²) in [5.74, 6) is -0.903. The highest BCUT2D eigenvalue weighted by atomic mass is 32.1.